The van der Waals surface area contributed by atoms with E-state index in [4.69, 9.17) is 4.52 Å². The minimum atomic E-state index is -0.123. The van der Waals surface area contributed by atoms with Gasteiger partial charge < -0.3 is 14.7 Å². The van der Waals surface area contributed by atoms with Crippen LogP contribution < -0.4 is 5.32 Å². The third kappa shape index (κ3) is 4.82. The second-order valence-corrected chi connectivity index (χ2v) is 8.69. The highest BCUT2D eigenvalue weighted by molar-refractivity contribution is 5.95. The molecule has 31 heavy (non-hydrogen) atoms. The zero-order chi connectivity index (χ0) is 21.8. The maximum atomic E-state index is 13.4. The standard InChI is InChI=1S/C24H32N4O3/c1-17-21(18(2)31-26-17)16-27-13-7-14-28(24(30)19-8-4-3-5-9-19)22-11-6-10-20(22)23(29)25-12-15-27/h3-5,8-9,20,22H,6-7,10-16H2,1-2H3,(H,25,29). The molecule has 7 heteroatoms. The first-order chi connectivity index (χ1) is 15.0. The van der Waals surface area contributed by atoms with Crippen LogP contribution in [0.1, 0.15) is 53.1 Å². The molecule has 0 spiro atoms. The molecule has 1 aromatic heterocycles. The van der Waals surface area contributed by atoms with E-state index in [2.05, 4.69) is 15.4 Å². The van der Waals surface area contributed by atoms with Gasteiger partial charge >= 0.3 is 0 Å². The van der Waals surface area contributed by atoms with Crippen LogP contribution in [0.15, 0.2) is 34.9 Å². The van der Waals surface area contributed by atoms with Crippen molar-refractivity contribution in [1.29, 1.82) is 0 Å². The molecule has 1 saturated heterocycles. The molecular formula is C24H32N4O3. The second-order valence-electron chi connectivity index (χ2n) is 8.69. The topological polar surface area (TPSA) is 78.7 Å². The number of hydrogen-bond acceptors (Lipinski definition) is 5. The predicted octanol–water partition coefficient (Wildman–Crippen LogP) is 2.92. The van der Waals surface area contributed by atoms with E-state index in [9.17, 15) is 9.59 Å². The largest absolute Gasteiger partial charge is 0.361 e. The van der Waals surface area contributed by atoms with Crippen molar-refractivity contribution >= 4 is 11.8 Å². The molecule has 1 aliphatic carbocycles. The number of amides is 2. The van der Waals surface area contributed by atoms with Gasteiger partial charge in [0.15, 0.2) is 0 Å². The van der Waals surface area contributed by atoms with Gasteiger partial charge in [0.1, 0.15) is 5.76 Å². The second kappa shape index (κ2) is 9.64. The molecule has 2 aliphatic rings. The number of aryl methyl sites for hydroxylation is 2. The molecule has 2 heterocycles. The third-order valence-corrected chi connectivity index (χ3v) is 6.66. The molecular weight excluding hydrogens is 392 g/mol. The van der Waals surface area contributed by atoms with Crippen molar-refractivity contribution in [2.45, 2.75) is 52.1 Å². The average molecular weight is 425 g/mol. The Morgan fingerprint density at radius 2 is 1.94 bits per heavy atom. The summed E-state index contributed by atoms with van der Waals surface area (Å²) in [5, 5.41) is 7.20. The van der Waals surface area contributed by atoms with Crippen LogP contribution in [0.2, 0.25) is 0 Å². The quantitative estimate of drug-likeness (QED) is 0.820. The number of aromatic nitrogens is 1. The predicted molar refractivity (Wildman–Crippen MR) is 117 cm³/mol. The van der Waals surface area contributed by atoms with Crippen molar-refractivity contribution in [3.63, 3.8) is 0 Å². The normalized spacial score (nSPS) is 23.2. The molecule has 4 rings (SSSR count). The monoisotopic (exact) mass is 424 g/mol. The van der Waals surface area contributed by atoms with E-state index >= 15 is 0 Å². The number of nitrogens with one attached hydrogen (secondary N) is 1. The van der Waals surface area contributed by atoms with E-state index in [1.54, 1.807) is 0 Å². The van der Waals surface area contributed by atoms with Crippen LogP contribution in [-0.4, -0.2) is 59.0 Å². The van der Waals surface area contributed by atoms with Crippen molar-refractivity contribution in [1.82, 2.24) is 20.3 Å². The van der Waals surface area contributed by atoms with Crippen LogP contribution in [0.4, 0.5) is 0 Å². The molecule has 7 nitrogen and oxygen atoms in total. The number of carbonyl (C=O) groups excluding carboxylic acids is 2. The number of benzene rings is 1. The summed E-state index contributed by atoms with van der Waals surface area (Å²) >= 11 is 0. The van der Waals surface area contributed by atoms with E-state index in [0.29, 0.717) is 18.7 Å². The van der Waals surface area contributed by atoms with Crippen LogP contribution in [0.3, 0.4) is 0 Å². The Hall–Kier alpha value is -2.67. The van der Waals surface area contributed by atoms with Gasteiger partial charge in [-0.15, -0.1) is 0 Å². The first kappa shape index (κ1) is 21.6. The van der Waals surface area contributed by atoms with Gasteiger partial charge in [0.05, 0.1) is 11.6 Å². The summed E-state index contributed by atoms with van der Waals surface area (Å²) in [6, 6.07) is 9.40. The van der Waals surface area contributed by atoms with Gasteiger partial charge in [-0.05, 0) is 45.2 Å². The van der Waals surface area contributed by atoms with E-state index in [0.717, 1.165) is 62.3 Å². The molecule has 1 aliphatic heterocycles. The molecule has 2 atom stereocenters. The minimum absolute atomic E-state index is 0.0261. The smallest absolute Gasteiger partial charge is 0.254 e. The lowest BCUT2D eigenvalue weighted by atomic mass is 9.99. The Balaban J connectivity index is 1.54. The van der Waals surface area contributed by atoms with Gasteiger partial charge in [-0.25, -0.2) is 0 Å². The number of rotatable bonds is 3. The first-order valence-corrected chi connectivity index (χ1v) is 11.3. The van der Waals surface area contributed by atoms with Crippen molar-refractivity contribution in [2.24, 2.45) is 5.92 Å². The molecule has 166 valence electrons. The van der Waals surface area contributed by atoms with Crippen molar-refractivity contribution < 1.29 is 14.1 Å². The maximum absolute atomic E-state index is 13.4. The fourth-order valence-corrected chi connectivity index (χ4v) is 4.94. The highest BCUT2D eigenvalue weighted by atomic mass is 16.5. The number of hydrogen-bond donors (Lipinski definition) is 1. The number of nitrogens with zero attached hydrogens (tertiary/aromatic N) is 3. The summed E-state index contributed by atoms with van der Waals surface area (Å²) in [7, 11) is 0. The van der Waals surface area contributed by atoms with Gasteiger partial charge in [-0.1, -0.05) is 29.8 Å². The average Bonchev–Trinajstić information content (AvgIpc) is 3.38. The lowest BCUT2D eigenvalue weighted by Gasteiger charge is -2.33. The van der Waals surface area contributed by atoms with Gasteiger partial charge in [0.2, 0.25) is 5.91 Å². The summed E-state index contributed by atoms with van der Waals surface area (Å²) in [6.45, 7) is 7.50. The SMILES string of the molecule is Cc1noc(C)c1CN1CCCN(C(=O)c2ccccc2)C2CCCC2C(=O)NCC1. The zero-order valence-corrected chi connectivity index (χ0v) is 18.5. The molecule has 1 N–H and O–H groups in total. The van der Waals surface area contributed by atoms with Crippen LogP contribution in [0.25, 0.3) is 0 Å². The fraction of sp³-hybridized carbons (Fsp3) is 0.542. The Morgan fingerprint density at radius 1 is 1.13 bits per heavy atom. The third-order valence-electron chi connectivity index (χ3n) is 6.66. The molecule has 2 unspecified atom stereocenters. The van der Waals surface area contributed by atoms with E-state index in [1.807, 2.05) is 49.1 Å². The molecule has 2 aromatic rings. The number of carbonyl (C=O) groups is 2. The Bertz CT molecular complexity index is 891. The molecule has 2 fully saturated rings. The molecule has 1 aromatic carbocycles. The summed E-state index contributed by atoms with van der Waals surface area (Å²) in [4.78, 5) is 30.6. The lowest BCUT2D eigenvalue weighted by molar-refractivity contribution is -0.126. The highest BCUT2D eigenvalue weighted by Crippen LogP contribution is 2.31. The molecule has 1 saturated carbocycles. The molecule has 0 bridgehead atoms. The summed E-state index contributed by atoms with van der Waals surface area (Å²) in [5.74, 6) is 0.822. The van der Waals surface area contributed by atoms with Gasteiger partial charge in [0, 0.05) is 49.9 Å². The summed E-state index contributed by atoms with van der Waals surface area (Å²) in [5.41, 5.74) is 2.71. The Kier molecular flexibility index (Phi) is 6.70. The van der Waals surface area contributed by atoms with Crippen LogP contribution in [0.5, 0.6) is 0 Å². The lowest BCUT2D eigenvalue weighted by Crippen LogP contribution is -2.47. The molecule has 0 radical (unpaired) electrons. The number of fused-ring (bicyclic) bond motifs is 1. The van der Waals surface area contributed by atoms with Crippen LogP contribution in [-0.2, 0) is 11.3 Å². The minimum Gasteiger partial charge on any atom is -0.361 e. The van der Waals surface area contributed by atoms with Crippen LogP contribution in [0, 0.1) is 19.8 Å². The fourth-order valence-electron chi connectivity index (χ4n) is 4.94. The van der Waals surface area contributed by atoms with Crippen molar-refractivity contribution in [3.05, 3.63) is 52.9 Å². The van der Waals surface area contributed by atoms with E-state index in [1.165, 1.54) is 0 Å². The van der Waals surface area contributed by atoms with Gasteiger partial charge in [0.25, 0.3) is 5.91 Å². The van der Waals surface area contributed by atoms with Gasteiger partial charge in [-0.2, -0.15) is 0 Å². The van der Waals surface area contributed by atoms with E-state index in [-0.39, 0.29) is 23.8 Å². The Labute approximate surface area is 183 Å². The van der Waals surface area contributed by atoms with Crippen molar-refractivity contribution in [2.75, 3.05) is 26.2 Å². The molecule has 2 amide bonds. The maximum Gasteiger partial charge on any atom is 0.254 e. The summed E-state index contributed by atoms with van der Waals surface area (Å²) in [6.07, 6.45) is 3.58. The van der Waals surface area contributed by atoms with Crippen LogP contribution >= 0.6 is 0 Å². The Morgan fingerprint density at radius 3 is 2.68 bits per heavy atom. The van der Waals surface area contributed by atoms with E-state index < -0.39 is 0 Å². The first-order valence-electron chi connectivity index (χ1n) is 11.3. The summed E-state index contributed by atoms with van der Waals surface area (Å²) < 4.78 is 5.32. The van der Waals surface area contributed by atoms with Gasteiger partial charge in [-0.3, -0.25) is 14.5 Å². The van der Waals surface area contributed by atoms with Crippen molar-refractivity contribution in [3.8, 4) is 0 Å². The zero-order valence-electron chi connectivity index (χ0n) is 18.5. The highest BCUT2D eigenvalue weighted by Gasteiger charge is 2.39.